The SMILES string of the molecule is BrC(Br)(CCOCCC(Br)(Br)c1ccccc1)c1ccccc1. The zero-order valence-corrected chi connectivity index (χ0v) is 18.9. The average molecular weight is 570 g/mol. The summed E-state index contributed by atoms with van der Waals surface area (Å²) < 4.78 is 5.36. The van der Waals surface area contributed by atoms with Crippen LogP contribution in [0, 0.1) is 0 Å². The fraction of sp³-hybridized carbons (Fsp3) is 0.333. The van der Waals surface area contributed by atoms with Crippen molar-refractivity contribution in [3.63, 3.8) is 0 Å². The van der Waals surface area contributed by atoms with E-state index in [-0.39, 0.29) is 6.47 Å². The third-order valence-electron chi connectivity index (χ3n) is 3.51. The van der Waals surface area contributed by atoms with Gasteiger partial charge in [-0.05, 0) is 11.1 Å². The Morgan fingerprint density at radius 3 is 1.30 bits per heavy atom. The zero-order chi connectivity index (χ0) is 16.8. The van der Waals surface area contributed by atoms with Crippen LogP contribution in [0.25, 0.3) is 0 Å². The summed E-state index contributed by atoms with van der Waals surface area (Å²) in [6, 6.07) is 20.6. The predicted octanol–water partition coefficient (Wildman–Crippen LogP) is 7.07. The highest BCUT2D eigenvalue weighted by Gasteiger charge is 2.26. The van der Waals surface area contributed by atoms with E-state index in [9.17, 15) is 0 Å². The fourth-order valence-corrected chi connectivity index (χ4v) is 3.86. The third-order valence-corrected chi connectivity index (χ3v) is 6.93. The van der Waals surface area contributed by atoms with Crippen LogP contribution < -0.4 is 0 Å². The summed E-state index contributed by atoms with van der Waals surface area (Å²) in [5.74, 6) is 0. The molecule has 0 atom stereocenters. The summed E-state index contributed by atoms with van der Waals surface area (Å²) in [5, 5.41) is 0. The molecule has 0 bridgehead atoms. The van der Waals surface area contributed by atoms with Gasteiger partial charge >= 0.3 is 0 Å². The lowest BCUT2D eigenvalue weighted by molar-refractivity contribution is 0.127. The van der Waals surface area contributed by atoms with Gasteiger partial charge in [-0.2, -0.15) is 0 Å². The Balaban J connectivity index is 1.76. The summed E-state index contributed by atoms with van der Waals surface area (Å²) in [5.41, 5.74) is 2.39. The summed E-state index contributed by atoms with van der Waals surface area (Å²) in [4.78, 5) is 0. The Morgan fingerprint density at radius 1 is 0.609 bits per heavy atom. The molecule has 2 rings (SSSR count). The van der Waals surface area contributed by atoms with Crippen molar-refractivity contribution in [3.05, 3.63) is 71.8 Å². The van der Waals surface area contributed by atoms with E-state index in [1.807, 2.05) is 36.4 Å². The summed E-state index contributed by atoms with van der Waals surface area (Å²) in [6.07, 6.45) is 1.69. The third kappa shape index (κ3) is 6.28. The highest BCUT2D eigenvalue weighted by atomic mass is 79.9. The van der Waals surface area contributed by atoms with E-state index in [0.717, 1.165) is 12.8 Å². The molecule has 2 aromatic rings. The molecule has 0 saturated heterocycles. The number of ether oxygens (including phenoxy) is 1. The standard InChI is InChI=1S/C18H18Br4O/c19-17(20,15-7-3-1-4-8-15)11-13-23-14-12-18(21,22)16-9-5-2-6-10-16/h1-10H,11-14H2. The molecule has 0 aliphatic heterocycles. The molecule has 0 aromatic heterocycles. The molecular formula is C18H18Br4O. The minimum atomic E-state index is -0.236. The molecule has 0 unspecified atom stereocenters. The van der Waals surface area contributed by atoms with Crippen molar-refractivity contribution in [2.75, 3.05) is 13.2 Å². The smallest absolute Gasteiger partial charge is 0.107 e. The second-order valence-corrected chi connectivity index (χ2v) is 12.8. The second kappa shape index (κ2) is 9.14. The highest BCUT2D eigenvalue weighted by Crippen LogP contribution is 2.42. The monoisotopic (exact) mass is 566 g/mol. The first-order valence-electron chi connectivity index (χ1n) is 7.36. The Morgan fingerprint density at radius 2 is 0.957 bits per heavy atom. The predicted molar refractivity (Wildman–Crippen MR) is 112 cm³/mol. The van der Waals surface area contributed by atoms with Crippen molar-refractivity contribution < 1.29 is 4.74 Å². The largest absolute Gasteiger partial charge is 0.381 e. The molecule has 0 heterocycles. The minimum Gasteiger partial charge on any atom is -0.381 e. The summed E-state index contributed by atoms with van der Waals surface area (Å²) in [6.45, 7) is 1.35. The normalized spacial score (nSPS) is 12.3. The first-order valence-corrected chi connectivity index (χ1v) is 10.5. The van der Waals surface area contributed by atoms with Gasteiger partial charge in [0, 0.05) is 26.1 Å². The molecule has 0 N–H and O–H groups in total. The van der Waals surface area contributed by atoms with Crippen molar-refractivity contribution in [3.8, 4) is 0 Å². The number of benzene rings is 2. The second-order valence-electron chi connectivity index (χ2n) is 5.25. The van der Waals surface area contributed by atoms with Crippen LogP contribution in [0.1, 0.15) is 24.0 Å². The van der Waals surface area contributed by atoms with Crippen molar-refractivity contribution in [1.82, 2.24) is 0 Å². The van der Waals surface area contributed by atoms with E-state index in [1.165, 1.54) is 11.1 Å². The summed E-state index contributed by atoms with van der Waals surface area (Å²) >= 11 is 14.9. The van der Waals surface area contributed by atoms with Crippen molar-refractivity contribution in [1.29, 1.82) is 0 Å². The van der Waals surface area contributed by atoms with Gasteiger partial charge in [-0.1, -0.05) is 124 Å². The molecule has 23 heavy (non-hydrogen) atoms. The lowest BCUT2D eigenvalue weighted by Gasteiger charge is -2.23. The average Bonchev–Trinajstić information content (AvgIpc) is 2.56. The van der Waals surface area contributed by atoms with Crippen LogP contribution in [0.2, 0.25) is 0 Å². The van der Waals surface area contributed by atoms with Gasteiger partial charge in [0.1, 0.15) is 6.47 Å². The number of hydrogen-bond acceptors (Lipinski definition) is 1. The van der Waals surface area contributed by atoms with Crippen LogP contribution in [0.4, 0.5) is 0 Å². The number of rotatable bonds is 8. The van der Waals surface area contributed by atoms with Gasteiger partial charge in [0.2, 0.25) is 0 Å². The molecule has 5 heteroatoms. The Labute approximate surface area is 171 Å². The summed E-state index contributed by atoms with van der Waals surface area (Å²) in [7, 11) is 0. The molecule has 0 aliphatic rings. The number of halogens is 4. The fourth-order valence-electron chi connectivity index (χ4n) is 2.16. The van der Waals surface area contributed by atoms with Crippen molar-refractivity contribution in [2.24, 2.45) is 0 Å². The molecule has 0 saturated carbocycles. The first kappa shape index (κ1) is 19.6. The molecule has 0 spiro atoms. The van der Waals surface area contributed by atoms with E-state index in [0.29, 0.717) is 13.2 Å². The number of hydrogen-bond donors (Lipinski definition) is 0. The maximum absolute atomic E-state index is 5.83. The quantitative estimate of drug-likeness (QED) is 0.244. The lowest BCUT2D eigenvalue weighted by Crippen LogP contribution is -2.16. The minimum absolute atomic E-state index is 0.236. The van der Waals surface area contributed by atoms with Gasteiger partial charge in [0.05, 0.1) is 0 Å². The van der Waals surface area contributed by atoms with Gasteiger partial charge in [-0.3, -0.25) is 0 Å². The molecule has 0 radical (unpaired) electrons. The molecule has 2 aromatic carbocycles. The van der Waals surface area contributed by atoms with Crippen LogP contribution in [0.15, 0.2) is 60.7 Å². The van der Waals surface area contributed by atoms with Gasteiger partial charge in [-0.25, -0.2) is 0 Å². The van der Waals surface area contributed by atoms with Crippen LogP contribution in [0.5, 0.6) is 0 Å². The maximum atomic E-state index is 5.83. The number of alkyl halides is 4. The van der Waals surface area contributed by atoms with Crippen LogP contribution in [0.3, 0.4) is 0 Å². The lowest BCUT2D eigenvalue weighted by atomic mass is 10.1. The van der Waals surface area contributed by atoms with E-state index < -0.39 is 0 Å². The highest BCUT2D eigenvalue weighted by molar-refractivity contribution is 9.25. The van der Waals surface area contributed by atoms with Gasteiger partial charge in [0.25, 0.3) is 0 Å². The van der Waals surface area contributed by atoms with Gasteiger partial charge in [-0.15, -0.1) is 0 Å². The zero-order valence-electron chi connectivity index (χ0n) is 12.5. The molecule has 0 fully saturated rings. The van der Waals surface area contributed by atoms with E-state index in [4.69, 9.17) is 4.74 Å². The van der Waals surface area contributed by atoms with Crippen molar-refractivity contribution in [2.45, 2.75) is 19.3 Å². The van der Waals surface area contributed by atoms with Crippen LogP contribution in [-0.2, 0) is 11.2 Å². The molecule has 1 nitrogen and oxygen atoms in total. The van der Waals surface area contributed by atoms with Gasteiger partial charge < -0.3 is 4.74 Å². The Bertz CT molecular complexity index is 531. The molecule has 0 amide bonds. The van der Waals surface area contributed by atoms with Crippen LogP contribution >= 0.6 is 63.7 Å². The van der Waals surface area contributed by atoms with Crippen LogP contribution in [-0.4, -0.2) is 13.2 Å². The van der Waals surface area contributed by atoms with E-state index >= 15 is 0 Å². The van der Waals surface area contributed by atoms with E-state index in [2.05, 4.69) is 88.0 Å². The molecule has 124 valence electrons. The van der Waals surface area contributed by atoms with Crippen molar-refractivity contribution >= 4 is 63.7 Å². The first-order chi connectivity index (χ1) is 10.9. The Kier molecular flexibility index (Phi) is 7.80. The van der Waals surface area contributed by atoms with Gasteiger partial charge in [0.15, 0.2) is 0 Å². The topological polar surface area (TPSA) is 9.23 Å². The maximum Gasteiger partial charge on any atom is 0.107 e. The molecular weight excluding hydrogens is 552 g/mol. The molecule has 0 aliphatic carbocycles. The Hall–Kier alpha value is 0.320. The van der Waals surface area contributed by atoms with E-state index in [1.54, 1.807) is 0 Å².